The number of nitrogens with zero attached hydrogens (tertiary/aromatic N) is 1. The molecule has 2 aromatic rings. The highest BCUT2D eigenvalue weighted by molar-refractivity contribution is 5.87. The molecule has 0 amide bonds. The Labute approximate surface area is 174 Å². The van der Waals surface area contributed by atoms with Crippen LogP contribution in [0.4, 0.5) is 0 Å². The minimum atomic E-state index is 0.170. The maximum Gasteiger partial charge on any atom is 0.191 e. The van der Waals surface area contributed by atoms with E-state index in [4.69, 9.17) is 14.5 Å². The highest BCUT2D eigenvalue weighted by atomic mass is 16.5. The summed E-state index contributed by atoms with van der Waals surface area (Å²) in [6, 6.07) is 15.2. The first-order chi connectivity index (χ1) is 14.3. The number of aliphatic imine (C=N–C) groups is 1. The fourth-order valence-corrected chi connectivity index (χ4v) is 3.75. The standard InChI is InChI=1S/C24H35N3O2/c1-3-25-24(26-14-7-15-29-18-20-12-16-28-17-13-20)27-19(2)22-11-6-9-21-8-4-5-10-23(21)22/h4-6,8-11,19-20H,3,7,12-18H2,1-2H3,(H2,25,26,27). The zero-order chi connectivity index (χ0) is 20.3. The molecule has 1 fully saturated rings. The first-order valence-corrected chi connectivity index (χ1v) is 11.0. The molecule has 0 aromatic heterocycles. The van der Waals surface area contributed by atoms with Gasteiger partial charge in [-0.25, -0.2) is 0 Å². The third-order valence-electron chi connectivity index (χ3n) is 5.40. The Morgan fingerprint density at radius 1 is 1.17 bits per heavy atom. The molecule has 1 atom stereocenters. The molecule has 5 nitrogen and oxygen atoms in total. The van der Waals surface area contributed by atoms with Crippen LogP contribution in [0.25, 0.3) is 10.8 Å². The van der Waals surface area contributed by atoms with Gasteiger partial charge in [-0.2, -0.15) is 0 Å². The van der Waals surface area contributed by atoms with Crippen LogP contribution in [0, 0.1) is 5.92 Å². The molecule has 0 radical (unpaired) electrons. The van der Waals surface area contributed by atoms with Crippen molar-refractivity contribution in [3.8, 4) is 0 Å². The molecule has 5 heteroatoms. The maximum absolute atomic E-state index is 5.85. The Morgan fingerprint density at radius 2 is 1.97 bits per heavy atom. The molecular weight excluding hydrogens is 362 g/mol. The number of hydrogen-bond donors (Lipinski definition) is 2. The highest BCUT2D eigenvalue weighted by Crippen LogP contribution is 2.24. The van der Waals surface area contributed by atoms with Crippen LogP contribution in [0.5, 0.6) is 0 Å². The molecular formula is C24H35N3O2. The van der Waals surface area contributed by atoms with E-state index in [9.17, 15) is 0 Å². The van der Waals surface area contributed by atoms with Crippen LogP contribution in [0.15, 0.2) is 47.5 Å². The average Bonchev–Trinajstić information content (AvgIpc) is 2.76. The first kappa shape index (κ1) is 21.6. The van der Waals surface area contributed by atoms with Crippen LogP contribution >= 0.6 is 0 Å². The lowest BCUT2D eigenvalue weighted by atomic mass is 10.00. The Balaban J connectivity index is 1.48. The average molecular weight is 398 g/mol. The number of ether oxygens (including phenoxy) is 2. The predicted molar refractivity (Wildman–Crippen MR) is 120 cm³/mol. The van der Waals surface area contributed by atoms with Crippen molar-refractivity contribution in [2.24, 2.45) is 10.9 Å². The molecule has 1 aliphatic heterocycles. The molecule has 1 aliphatic rings. The molecule has 0 saturated carbocycles. The lowest BCUT2D eigenvalue weighted by Gasteiger charge is -2.21. The minimum Gasteiger partial charge on any atom is -0.381 e. The van der Waals surface area contributed by atoms with Crippen LogP contribution < -0.4 is 10.6 Å². The quantitative estimate of drug-likeness (QED) is 0.377. The van der Waals surface area contributed by atoms with Crippen molar-refractivity contribution in [3.63, 3.8) is 0 Å². The van der Waals surface area contributed by atoms with Crippen molar-refractivity contribution in [1.29, 1.82) is 0 Å². The predicted octanol–water partition coefficient (Wildman–Crippen LogP) is 4.29. The Kier molecular flexibility index (Phi) is 8.78. The van der Waals surface area contributed by atoms with Crippen molar-refractivity contribution in [2.75, 3.05) is 39.5 Å². The summed E-state index contributed by atoms with van der Waals surface area (Å²) in [5.41, 5.74) is 1.29. The van der Waals surface area contributed by atoms with E-state index in [-0.39, 0.29) is 6.04 Å². The highest BCUT2D eigenvalue weighted by Gasteiger charge is 2.13. The van der Waals surface area contributed by atoms with Crippen molar-refractivity contribution < 1.29 is 9.47 Å². The van der Waals surface area contributed by atoms with Crippen LogP contribution in [0.1, 0.15) is 44.7 Å². The lowest BCUT2D eigenvalue weighted by Crippen LogP contribution is -2.38. The van der Waals surface area contributed by atoms with E-state index < -0.39 is 0 Å². The van der Waals surface area contributed by atoms with Gasteiger partial charge in [0.1, 0.15) is 0 Å². The maximum atomic E-state index is 5.85. The molecule has 0 aliphatic carbocycles. The van der Waals surface area contributed by atoms with Gasteiger partial charge in [0.2, 0.25) is 0 Å². The summed E-state index contributed by atoms with van der Waals surface area (Å²) in [6.45, 7) is 9.25. The second kappa shape index (κ2) is 11.8. The topological polar surface area (TPSA) is 54.9 Å². The number of rotatable bonds is 9. The van der Waals surface area contributed by atoms with Gasteiger partial charge >= 0.3 is 0 Å². The smallest absolute Gasteiger partial charge is 0.191 e. The second-order valence-electron chi connectivity index (χ2n) is 7.68. The van der Waals surface area contributed by atoms with Gasteiger partial charge in [0.25, 0.3) is 0 Å². The SMILES string of the molecule is CCNC(=NCCCOCC1CCOCC1)NC(C)c1cccc2ccccc12. The molecule has 2 aromatic carbocycles. The van der Waals surface area contributed by atoms with E-state index in [0.717, 1.165) is 64.7 Å². The van der Waals surface area contributed by atoms with Crippen LogP contribution in [0.2, 0.25) is 0 Å². The summed E-state index contributed by atoms with van der Waals surface area (Å²) >= 11 is 0. The van der Waals surface area contributed by atoms with Gasteiger partial charge in [0.05, 0.1) is 6.04 Å². The summed E-state index contributed by atoms with van der Waals surface area (Å²) < 4.78 is 11.2. The third kappa shape index (κ3) is 6.72. The van der Waals surface area contributed by atoms with Crippen molar-refractivity contribution in [2.45, 2.75) is 39.2 Å². The number of fused-ring (bicyclic) bond motifs is 1. The van der Waals surface area contributed by atoms with Gasteiger partial charge in [-0.05, 0) is 55.4 Å². The van der Waals surface area contributed by atoms with E-state index >= 15 is 0 Å². The molecule has 0 bridgehead atoms. The number of hydrogen-bond acceptors (Lipinski definition) is 3. The Morgan fingerprint density at radius 3 is 2.79 bits per heavy atom. The molecule has 3 rings (SSSR count). The Hall–Kier alpha value is -2.11. The van der Waals surface area contributed by atoms with Crippen LogP contribution in [0.3, 0.4) is 0 Å². The molecule has 1 saturated heterocycles. The van der Waals surface area contributed by atoms with Gasteiger partial charge in [0, 0.05) is 39.5 Å². The van der Waals surface area contributed by atoms with E-state index in [0.29, 0.717) is 5.92 Å². The summed E-state index contributed by atoms with van der Waals surface area (Å²) in [4.78, 5) is 4.74. The molecule has 158 valence electrons. The fourth-order valence-electron chi connectivity index (χ4n) is 3.75. The van der Waals surface area contributed by atoms with Crippen LogP contribution in [-0.2, 0) is 9.47 Å². The van der Waals surface area contributed by atoms with Crippen molar-refractivity contribution in [1.82, 2.24) is 10.6 Å². The van der Waals surface area contributed by atoms with Gasteiger partial charge in [0.15, 0.2) is 5.96 Å². The van der Waals surface area contributed by atoms with E-state index in [1.165, 1.54) is 16.3 Å². The van der Waals surface area contributed by atoms with E-state index in [1.807, 2.05) is 0 Å². The molecule has 1 heterocycles. The normalized spacial score (nSPS) is 16.7. The first-order valence-electron chi connectivity index (χ1n) is 11.0. The largest absolute Gasteiger partial charge is 0.381 e. The number of nitrogens with one attached hydrogen (secondary N) is 2. The molecule has 2 N–H and O–H groups in total. The van der Waals surface area contributed by atoms with E-state index in [1.54, 1.807) is 0 Å². The monoisotopic (exact) mass is 397 g/mol. The summed E-state index contributed by atoms with van der Waals surface area (Å²) in [6.07, 6.45) is 3.18. The zero-order valence-corrected chi connectivity index (χ0v) is 17.8. The summed E-state index contributed by atoms with van der Waals surface area (Å²) in [5, 5.41) is 9.46. The Bertz CT molecular complexity index is 766. The van der Waals surface area contributed by atoms with Crippen LogP contribution in [-0.4, -0.2) is 45.5 Å². The lowest BCUT2D eigenvalue weighted by molar-refractivity contribution is 0.0205. The van der Waals surface area contributed by atoms with Gasteiger partial charge < -0.3 is 20.1 Å². The van der Waals surface area contributed by atoms with Gasteiger partial charge in [-0.15, -0.1) is 0 Å². The third-order valence-corrected chi connectivity index (χ3v) is 5.40. The zero-order valence-electron chi connectivity index (χ0n) is 17.8. The summed E-state index contributed by atoms with van der Waals surface area (Å²) in [5.74, 6) is 1.52. The van der Waals surface area contributed by atoms with Gasteiger partial charge in [-0.1, -0.05) is 42.5 Å². The van der Waals surface area contributed by atoms with Gasteiger partial charge in [-0.3, -0.25) is 4.99 Å². The molecule has 0 spiro atoms. The van der Waals surface area contributed by atoms with Crippen molar-refractivity contribution >= 4 is 16.7 Å². The minimum absolute atomic E-state index is 0.170. The second-order valence-corrected chi connectivity index (χ2v) is 7.68. The van der Waals surface area contributed by atoms with Crippen molar-refractivity contribution in [3.05, 3.63) is 48.0 Å². The number of guanidine groups is 1. The summed E-state index contributed by atoms with van der Waals surface area (Å²) in [7, 11) is 0. The number of benzene rings is 2. The fraction of sp³-hybridized carbons (Fsp3) is 0.542. The van der Waals surface area contributed by atoms with E-state index in [2.05, 4.69) is 66.9 Å². The molecule has 29 heavy (non-hydrogen) atoms. The molecule has 1 unspecified atom stereocenters.